The Hall–Kier alpha value is -0.160. The van der Waals surface area contributed by atoms with E-state index < -0.39 is 11.9 Å². The van der Waals surface area contributed by atoms with Crippen molar-refractivity contribution in [3.05, 3.63) is 0 Å². The molecule has 3 nitrogen and oxygen atoms in total. The first-order valence-electron chi connectivity index (χ1n) is 5.68. The maximum absolute atomic E-state index is 11.3. The molecule has 0 aliphatic heterocycles. The van der Waals surface area contributed by atoms with Gasteiger partial charge in [0.15, 0.2) is 0 Å². The highest BCUT2D eigenvalue weighted by Gasteiger charge is 2.19. The molecule has 0 fully saturated rings. The zero-order valence-corrected chi connectivity index (χ0v) is 12.7. The Morgan fingerprint density at radius 3 is 1.41 bits per heavy atom. The van der Waals surface area contributed by atoms with Crippen LogP contribution in [0.4, 0.5) is 0 Å². The van der Waals surface area contributed by atoms with Gasteiger partial charge in [0.25, 0.3) is 0 Å². The van der Waals surface area contributed by atoms with Crippen LogP contribution in [0, 0.1) is 0 Å². The van der Waals surface area contributed by atoms with Gasteiger partial charge in [0.1, 0.15) is 0 Å². The molecule has 5 heteroatoms. The van der Waals surface area contributed by atoms with Crippen molar-refractivity contribution < 1.29 is 14.3 Å². The van der Waals surface area contributed by atoms with Gasteiger partial charge in [-0.05, 0) is 12.8 Å². The maximum Gasteiger partial charge on any atom is 0.313 e. The predicted octanol–water partition coefficient (Wildman–Crippen LogP) is 3.03. The Bertz CT molecular complexity index is 246. The quantitative estimate of drug-likeness (QED) is 0.446. The molecule has 0 heterocycles. The minimum absolute atomic E-state index is 0.215. The van der Waals surface area contributed by atoms with E-state index in [-0.39, 0.29) is 22.3 Å². The highest BCUT2D eigenvalue weighted by atomic mass is 32.1. The molecule has 0 radical (unpaired) electrons. The number of ether oxygens (including phenoxy) is 1. The average molecular weight is 278 g/mol. The molecule has 0 rings (SSSR count). The molecule has 100 valence electrons. The highest BCUT2D eigenvalue weighted by molar-refractivity contribution is 7.81. The lowest BCUT2D eigenvalue weighted by molar-refractivity contribution is -0.159. The van der Waals surface area contributed by atoms with Crippen LogP contribution in [0.1, 0.15) is 53.4 Å². The average Bonchev–Trinajstić information content (AvgIpc) is 2.09. The van der Waals surface area contributed by atoms with Crippen molar-refractivity contribution >= 4 is 37.2 Å². The van der Waals surface area contributed by atoms with Crippen molar-refractivity contribution in [3.63, 3.8) is 0 Å². The third-order valence-corrected chi connectivity index (χ3v) is 2.56. The van der Waals surface area contributed by atoms with Crippen LogP contribution in [0.25, 0.3) is 0 Å². The summed E-state index contributed by atoms with van der Waals surface area (Å²) >= 11 is 8.59. The van der Waals surface area contributed by atoms with E-state index in [1.165, 1.54) is 0 Å². The van der Waals surface area contributed by atoms with Crippen LogP contribution < -0.4 is 0 Å². The maximum atomic E-state index is 11.3. The van der Waals surface area contributed by atoms with E-state index >= 15 is 0 Å². The summed E-state index contributed by atoms with van der Waals surface area (Å²) in [6.07, 6.45) is 1.60. The van der Waals surface area contributed by atoms with Gasteiger partial charge in [-0.2, -0.15) is 25.3 Å². The second-order valence-electron chi connectivity index (χ2n) is 5.47. The van der Waals surface area contributed by atoms with Crippen molar-refractivity contribution in [1.29, 1.82) is 0 Å². The summed E-state index contributed by atoms with van der Waals surface area (Å²) in [4.78, 5) is 22.7. The minimum Gasteiger partial charge on any atom is -0.393 e. The summed E-state index contributed by atoms with van der Waals surface area (Å²) in [6.45, 7) is 7.65. The lowest BCUT2D eigenvalue weighted by atomic mass is 10.1. The number of thiol groups is 2. The van der Waals surface area contributed by atoms with Gasteiger partial charge in [0.05, 0.1) is 0 Å². The molecule has 0 atom stereocenters. The van der Waals surface area contributed by atoms with Gasteiger partial charge in [-0.25, -0.2) is 0 Å². The van der Waals surface area contributed by atoms with E-state index in [0.717, 1.165) is 0 Å². The predicted molar refractivity (Wildman–Crippen MR) is 75.7 cm³/mol. The van der Waals surface area contributed by atoms with Crippen molar-refractivity contribution in [2.24, 2.45) is 0 Å². The van der Waals surface area contributed by atoms with Crippen LogP contribution in [0.5, 0.6) is 0 Å². The first-order chi connectivity index (χ1) is 7.49. The van der Waals surface area contributed by atoms with E-state index in [9.17, 15) is 9.59 Å². The molecule has 0 aliphatic carbocycles. The highest BCUT2D eigenvalue weighted by Crippen LogP contribution is 2.20. The van der Waals surface area contributed by atoms with E-state index in [1.54, 1.807) is 0 Å². The zero-order chi connectivity index (χ0) is 13.7. The summed E-state index contributed by atoms with van der Waals surface area (Å²) in [5.74, 6) is -0.955. The lowest BCUT2D eigenvalue weighted by Crippen LogP contribution is -2.19. The topological polar surface area (TPSA) is 43.4 Å². The summed E-state index contributed by atoms with van der Waals surface area (Å²) in [7, 11) is 0. The molecule has 0 saturated carbocycles. The fourth-order valence-corrected chi connectivity index (χ4v) is 1.27. The van der Waals surface area contributed by atoms with Crippen molar-refractivity contribution in [2.45, 2.75) is 62.9 Å². The van der Waals surface area contributed by atoms with E-state index in [2.05, 4.69) is 25.3 Å². The molecule has 0 amide bonds. The smallest absolute Gasteiger partial charge is 0.313 e. The molecular formula is C12H22O3S2. The molecule has 0 aromatic carbocycles. The van der Waals surface area contributed by atoms with Crippen LogP contribution >= 0.6 is 25.3 Å². The summed E-state index contributed by atoms with van der Waals surface area (Å²) in [6, 6.07) is 0. The second-order valence-corrected chi connectivity index (χ2v) is 7.89. The van der Waals surface area contributed by atoms with E-state index in [0.29, 0.717) is 12.8 Å². The number of rotatable bonds is 6. The molecule has 17 heavy (non-hydrogen) atoms. The molecule has 0 unspecified atom stereocenters. The van der Waals surface area contributed by atoms with Gasteiger partial charge < -0.3 is 4.74 Å². The van der Waals surface area contributed by atoms with Crippen LogP contribution in [-0.4, -0.2) is 21.4 Å². The van der Waals surface area contributed by atoms with Crippen molar-refractivity contribution in [2.75, 3.05) is 0 Å². The molecule has 0 bridgehead atoms. The molecule has 0 aromatic rings. The summed E-state index contributed by atoms with van der Waals surface area (Å²) in [5.41, 5.74) is 0. The molecule has 0 saturated heterocycles. The Morgan fingerprint density at radius 2 is 1.18 bits per heavy atom. The summed E-state index contributed by atoms with van der Waals surface area (Å²) in [5, 5.41) is 0. The van der Waals surface area contributed by atoms with E-state index in [4.69, 9.17) is 4.74 Å². The third kappa shape index (κ3) is 12.1. The van der Waals surface area contributed by atoms with Gasteiger partial charge in [-0.3, -0.25) is 9.59 Å². The second kappa shape index (κ2) is 6.69. The van der Waals surface area contributed by atoms with Crippen LogP contribution in [0.15, 0.2) is 0 Å². The lowest BCUT2D eigenvalue weighted by Gasteiger charge is -2.17. The normalized spacial score (nSPS) is 12.4. The molecular weight excluding hydrogens is 256 g/mol. The third-order valence-electron chi connectivity index (χ3n) is 2.11. The standard InChI is InChI=1S/C12H22O3S2/c1-11(2,16)7-5-9(13)15-10(14)6-8-12(3,4)17/h16-17H,5-8H2,1-4H3. The van der Waals surface area contributed by atoms with Crippen LogP contribution in [0.2, 0.25) is 0 Å². The Kier molecular flexibility index (Phi) is 6.62. The molecule has 0 aliphatic rings. The first kappa shape index (κ1) is 16.8. The van der Waals surface area contributed by atoms with Gasteiger partial charge in [0, 0.05) is 22.3 Å². The molecule has 0 spiro atoms. The fraction of sp³-hybridized carbons (Fsp3) is 0.833. The Labute approximate surface area is 115 Å². The zero-order valence-electron chi connectivity index (χ0n) is 10.9. The molecule has 0 aromatic heterocycles. The monoisotopic (exact) mass is 278 g/mol. The number of hydrogen-bond acceptors (Lipinski definition) is 5. The Balaban J connectivity index is 3.86. The van der Waals surface area contributed by atoms with E-state index in [1.807, 2.05) is 27.7 Å². The molecule has 0 N–H and O–H groups in total. The minimum atomic E-state index is -0.478. The number of hydrogen-bond donors (Lipinski definition) is 2. The Morgan fingerprint density at radius 1 is 0.882 bits per heavy atom. The van der Waals surface area contributed by atoms with Crippen LogP contribution in [0.3, 0.4) is 0 Å². The van der Waals surface area contributed by atoms with Crippen molar-refractivity contribution in [1.82, 2.24) is 0 Å². The number of carbonyl (C=O) groups excluding carboxylic acids is 2. The number of carbonyl (C=O) groups is 2. The van der Waals surface area contributed by atoms with Crippen molar-refractivity contribution in [3.8, 4) is 0 Å². The first-order valence-corrected chi connectivity index (χ1v) is 6.57. The summed E-state index contributed by atoms with van der Waals surface area (Å²) < 4.78 is 4.24. The van der Waals surface area contributed by atoms with Crippen LogP contribution in [-0.2, 0) is 14.3 Å². The SMILES string of the molecule is CC(C)(S)CCC(=O)OC(=O)CCC(C)(C)S. The fourth-order valence-electron chi connectivity index (χ4n) is 1.04. The van der Waals surface area contributed by atoms with Gasteiger partial charge in [-0.1, -0.05) is 27.7 Å². The van der Waals surface area contributed by atoms with Gasteiger partial charge in [0.2, 0.25) is 0 Å². The van der Waals surface area contributed by atoms with Gasteiger partial charge in [-0.15, -0.1) is 0 Å². The van der Waals surface area contributed by atoms with Gasteiger partial charge >= 0.3 is 11.9 Å². The largest absolute Gasteiger partial charge is 0.393 e. The number of esters is 2.